The first kappa shape index (κ1) is 17.4. The number of nitrogens with one attached hydrogen (secondary N) is 2. The van der Waals surface area contributed by atoms with Crippen molar-refractivity contribution in [2.24, 2.45) is 5.92 Å². The predicted molar refractivity (Wildman–Crippen MR) is 97.1 cm³/mol. The van der Waals surface area contributed by atoms with Gasteiger partial charge in [0.15, 0.2) is 0 Å². The number of anilines is 2. The molecule has 21 heavy (non-hydrogen) atoms. The van der Waals surface area contributed by atoms with Gasteiger partial charge in [0.05, 0.1) is 0 Å². The molecule has 1 aromatic rings. The van der Waals surface area contributed by atoms with Crippen molar-refractivity contribution in [3.8, 4) is 0 Å². The fourth-order valence-corrected chi connectivity index (χ4v) is 2.64. The van der Waals surface area contributed by atoms with Gasteiger partial charge in [0.1, 0.15) is 0 Å². The molecule has 2 nitrogen and oxygen atoms in total. The van der Waals surface area contributed by atoms with E-state index in [9.17, 15) is 0 Å². The molecular weight excluding hydrogens is 256 g/mol. The van der Waals surface area contributed by atoms with Crippen molar-refractivity contribution in [3.05, 3.63) is 41.5 Å². The van der Waals surface area contributed by atoms with Gasteiger partial charge in [-0.3, -0.25) is 0 Å². The molecule has 0 amide bonds. The van der Waals surface area contributed by atoms with Gasteiger partial charge in [-0.25, -0.2) is 0 Å². The summed E-state index contributed by atoms with van der Waals surface area (Å²) in [5.74, 6) is 0.491. The Morgan fingerprint density at radius 2 is 1.81 bits per heavy atom. The molecule has 116 valence electrons. The number of rotatable bonds is 7. The molecule has 0 heterocycles. The summed E-state index contributed by atoms with van der Waals surface area (Å²) in [6.07, 6.45) is 4.43. The van der Waals surface area contributed by atoms with Crippen molar-refractivity contribution in [1.29, 1.82) is 0 Å². The zero-order valence-corrected chi connectivity index (χ0v) is 14.4. The SMILES string of the molecule is C=C(C)C(C)C/C(=C/CC)c1c(NC)ccc(NC)c1C. The summed E-state index contributed by atoms with van der Waals surface area (Å²) in [4.78, 5) is 0. The second kappa shape index (κ2) is 7.92. The Morgan fingerprint density at radius 1 is 1.24 bits per heavy atom. The molecule has 1 unspecified atom stereocenters. The lowest BCUT2D eigenvalue weighted by Gasteiger charge is -2.21. The molecule has 0 radical (unpaired) electrons. The molecule has 0 aromatic heterocycles. The minimum atomic E-state index is 0.491. The Bertz CT molecular complexity index is 527. The first-order chi connectivity index (χ1) is 9.96. The molecule has 0 aliphatic carbocycles. The summed E-state index contributed by atoms with van der Waals surface area (Å²) in [6, 6.07) is 4.29. The quantitative estimate of drug-likeness (QED) is 0.649. The standard InChI is InChI=1S/C19H30N2/c1-8-9-16(12-14(4)13(2)3)19-15(5)17(20-6)10-11-18(19)21-7/h9-11,14,20-21H,2,8,12H2,1,3-7H3/b16-9-. The maximum atomic E-state index is 4.11. The summed E-state index contributed by atoms with van der Waals surface area (Å²) >= 11 is 0. The van der Waals surface area contributed by atoms with Crippen molar-refractivity contribution in [3.63, 3.8) is 0 Å². The molecule has 1 aromatic carbocycles. The third kappa shape index (κ3) is 4.13. The van der Waals surface area contributed by atoms with Crippen molar-refractivity contribution in [2.75, 3.05) is 24.7 Å². The summed E-state index contributed by atoms with van der Waals surface area (Å²) in [7, 11) is 3.97. The van der Waals surface area contributed by atoms with E-state index in [2.05, 4.69) is 63.1 Å². The monoisotopic (exact) mass is 286 g/mol. The largest absolute Gasteiger partial charge is 0.388 e. The average molecular weight is 286 g/mol. The number of benzene rings is 1. The zero-order chi connectivity index (χ0) is 16.0. The van der Waals surface area contributed by atoms with Crippen LogP contribution in [0.25, 0.3) is 5.57 Å². The summed E-state index contributed by atoms with van der Waals surface area (Å²) < 4.78 is 0. The van der Waals surface area contributed by atoms with Gasteiger partial charge in [-0.1, -0.05) is 32.1 Å². The first-order valence-electron chi connectivity index (χ1n) is 7.80. The maximum absolute atomic E-state index is 4.11. The zero-order valence-electron chi connectivity index (χ0n) is 14.4. The van der Waals surface area contributed by atoms with Crippen LogP contribution in [-0.4, -0.2) is 14.1 Å². The molecule has 0 saturated carbocycles. The van der Waals surface area contributed by atoms with Gasteiger partial charge in [0, 0.05) is 31.0 Å². The minimum absolute atomic E-state index is 0.491. The van der Waals surface area contributed by atoms with Gasteiger partial charge in [0.25, 0.3) is 0 Å². The van der Waals surface area contributed by atoms with Crippen molar-refractivity contribution in [1.82, 2.24) is 0 Å². The highest BCUT2D eigenvalue weighted by Crippen LogP contribution is 2.36. The highest BCUT2D eigenvalue weighted by atomic mass is 14.8. The summed E-state index contributed by atoms with van der Waals surface area (Å²) in [5.41, 5.74) is 7.67. The third-order valence-electron chi connectivity index (χ3n) is 4.14. The van der Waals surface area contributed by atoms with Crippen LogP contribution in [0.5, 0.6) is 0 Å². The molecule has 0 aliphatic heterocycles. The number of hydrogen-bond donors (Lipinski definition) is 2. The molecular formula is C19H30N2. The summed E-state index contributed by atoms with van der Waals surface area (Å²) in [6.45, 7) is 12.9. The lowest BCUT2D eigenvalue weighted by atomic mass is 9.87. The highest BCUT2D eigenvalue weighted by molar-refractivity contribution is 5.82. The minimum Gasteiger partial charge on any atom is -0.388 e. The third-order valence-corrected chi connectivity index (χ3v) is 4.14. The van der Waals surface area contributed by atoms with Crippen LogP contribution in [0.4, 0.5) is 11.4 Å². The Hall–Kier alpha value is -1.70. The van der Waals surface area contributed by atoms with E-state index >= 15 is 0 Å². The van der Waals surface area contributed by atoms with Crippen LogP contribution >= 0.6 is 0 Å². The van der Waals surface area contributed by atoms with Crippen LogP contribution < -0.4 is 10.6 Å². The lowest BCUT2D eigenvalue weighted by Crippen LogP contribution is -2.05. The van der Waals surface area contributed by atoms with Crippen molar-refractivity contribution >= 4 is 16.9 Å². The van der Waals surface area contributed by atoms with E-state index in [1.165, 1.54) is 33.6 Å². The summed E-state index contributed by atoms with van der Waals surface area (Å²) in [5, 5.41) is 6.63. The maximum Gasteiger partial charge on any atom is 0.0418 e. The van der Waals surface area contributed by atoms with Crippen LogP contribution in [0, 0.1) is 12.8 Å². The van der Waals surface area contributed by atoms with Crippen LogP contribution in [0.15, 0.2) is 30.4 Å². The first-order valence-corrected chi connectivity index (χ1v) is 7.80. The normalized spacial score (nSPS) is 13.0. The molecule has 0 fully saturated rings. The topological polar surface area (TPSA) is 24.1 Å². The number of hydrogen-bond acceptors (Lipinski definition) is 2. The Morgan fingerprint density at radius 3 is 2.29 bits per heavy atom. The van der Waals surface area contributed by atoms with E-state index in [1.807, 2.05) is 14.1 Å². The van der Waals surface area contributed by atoms with Crippen LogP contribution in [-0.2, 0) is 0 Å². The predicted octanol–water partition coefficient (Wildman–Crippen LogP) is 5.47. The number of allylic oxidation sites excluding steroid dienone is 3. The van der Waals surface area contributed by atoms with E-state index in [4.69, 9.17) is 0 Å². The van der Waals surface area contributed by atoms with Gasteiger partial charge < -0.3 is 10.6 Å². The van der Waals surface area contributed by atoms with Crippen LogP contribution in [0.3, 0.4) is 0 Å². The van der Waals surface area contributed by atoms with Gasteiger partial charge in [0.2, 0.25) is 0 Å². The molecule has 2 N–H and O–H groups in total. The highest BCUT2D eigenvalue weighted by Gasteiger charge is 2.15. The molecule has 0 saturated heterocycles. The van der Waals surface area contributed by atoms with E-state index in [-0.39, 0.29) is 0 Å². The molecule has 0 bridgehead atoms. The van der Waals surface area contributed by atoms with Crippen LogP contribution in [0.2, 0.25) is 0 Å². The van der Waals surface area contributed by atoms with E-state index < -0.39 is 0 Å². The molecule has 0 aliphatic rings. The molecule has 2 heteroatoms. The van der Waals surface area contributed by atoms with Crippen molar-refractivity contribution < 1.29 is 0 Å². The van der Waals surface area contributed by atoms with Gasteiger partial charge in [-0.05, 0) is 55.9 Å². The Labute approximate surface area is 130 Å². The van der Waals surface area contributed by atoms with E-state index in [0.29, 0.717) is 5.92 Å². The second-order valence-corrected chi connectivity index (χ2v) is 5.75. The van der Waals surface area contributed by atoms with Gasteiger partial charge in [-0.2, -0.15) is 0 Å². The van der Waals surface area contributed by atoms with Crippen LogP contribution in [0.1, 0.15) is 44.7 Å². The van der Waals surface area contributed by atoms with Crippen molar-refractivity contribution in [2.45, 2.75) is 40.5 Å². The molecule has 0 spiro atoms. The molecule has 1 atom stereocenters. The Kier molecular flexibility index (Phi) is 6.54. The van der Waals surface area contributed by atoms with Gasteiger partial charge in [-0.15, -0.1) is 0 Å². The smallest absolute Gasteiger partial charge is 0.0418 e. The average Bonchev–Trinajstić information content (AvgIpc) is 2.46. The Balaban J connectivity index is 3.36. The van der Waals surface area contributed by atoms with Gasteiger partial charge >= 0.3 is 0 Å². The molecule has 1 rings (SSSR count). The fraction of sp³-hybridized carbons (Fsp3) is 0.474. The van der Waals surface area contributed by atoms with E-state index in [0.717, 1.165) is 12.8 Å². The second-order valence-electron chi connectivity index (χ2n) is 5.75. The lowest BCUT2D eigenvalue weighted by molar-refractivity contribution is 0.707. The van der Waals surface area contributed by atoms with E-state index in [1.54, 1.807) is 0 Å². The fourth-order valence-electron chi connectivity index (χ4n) is 2.64.